The van der Waals surface area contributed by atoms with Crippen molar-refractivity contribution in [3.05, 3.63) is 11.8 Å². The Morgan fingerprint density at radius 1 is 1.30 bits per heavy atom. The molecular weight excluding hydrogens is 314 g/mol. The number of amides is 1. The monoisotopic (exact) mass is 339 g/mol. The number of sulfone groups is 1. The summed E-state index contributed by atoms with van der Waals surface area (Å²) in [6.45, 7) is 1.86. The van der Waals surface area contributed by atoms with Crippen molar-refractivity contribution in [1.29, 1.82) is 0 Å². The number of anilines is 1. The Morgan fingerprint density at radius 2 is 2.04 bits per heavy atom. The molecule has 2 heterocycles. The Balaban J connectivity index is 1.67. The quantitative estimate of drug-likeness (QED) is 0.913. The van der Waals surface area contributed by atoms with Gasteiger partial charge in [-0.2, -0.15) is 5.10 Å². The Kier molecular flexibility index (Phi) is 4.75. The van der Waals surface area contributed by atoms with Gasteiger partial charge >= 0.3 is 0 Å². The zero-order chi connectivity index (χ0) is 16.4. The van der Waals surface area contributed by atoms with Gasteiger partial charge < -0.3 is 5.32 Å². The fraction of sp³-hybridized carbons (Fsp3) is 0.750. The van der Waals surface area contributed by atoms with Crippen molar-refractivity contribution < 1.29 is 13.2 Å². The van der Waals surface area contributed by atoms with Crippen molar-refractivity contribution in [1.82, 2.24) is 9.78 Å². The topological polar surface area (TPSA) is 81.1 Å². The molecule has 128 valence electrons. The first-order valence-electron chi connectivity index (χ1n) is 8.49. The van der Waals surface area contributed by atoms with E-state index in [9.17, 15) is 13.2 Å². The van der Waals surface area contributed by atoms with Crippen molar-refractivity contribution in [2.45, 2.75) is 57.9 Å². The van der Waals surface area contributed by atoms with Crippen molar-refractivity contribution in [2.24, 2.45) is 5.92 Å². The number of aryl methyl sites for hydroxylation is 1. The molecular formula is C16H25N3O3S. The highest BCUT2D eigenvalue weighted by Crippen LogP contribution is 2.29. The summed E-state index contributed by atoms with van der Waals surface area (Å²) in [5, 5.41) is 7.35. The third-order valence-corrected chi connectivity index (χ3v) is 6.63. The van der Waals surface area contributed by atoms with Gasteiger partial charge in [0.25, 0.3) is 0 Å². The zero-order valence-electron chi connectivity index (χ0n) is 13.6. The maximum atomic E-state index is 12.3. The van der Waals surface area contributed by atoms with Crippen LogP contribution in [0.25, 0.3) is 0 Å². The molecule has 3 rings (SSSR count). The SMILES string of the molecule is Cc1cc(NC(=O)CC2CCCCC2)n(C2CCS(=O)(=O)C2)n1. The van der Waals surface area contributed by atoms with E-state index < -0.39 is 9.84 Å². The van der Waals surface area contributed by atoms with Crippen LogP contribution in [0.2, 0.25) is 0 Å². The summed E-state index contributed by atoms with van der Waals surface area (Å²) in [5.41, 5.74) is 0.794. The van der Waals surface area contributed by atoms with Crippen LogP contribution in [0.4, 0.5) is 5.82 Å². The molecule has 1 aromatic heterocycles. The van der Waals surface area contributed by atoms with E-state index in [1.807, 2.05) is 13.0 Å². The van der Waals surface area contributed by atoms with Gasteiger partial charge in [0.15, 0.2) is 9.84 Å². The van der Waals surface area contributed by atoms with E-state index >= 15 is 0 Å². The van der Waals surface area contributed by atoms with E-state index in [0.29, 0.717) is 24.6 Å². The number of nitrogens with zero attached hydrogens (tertiary/aromatic N) is 2. The Hall–Kier alpha value is -1.37. The third kappa shape index (κ3) is 4.13. The smallest absolute Gasteiger partial charge is 0.225 e. The van der Waals surface area contributed by atoms with E-state index in [4.69, 9.17) is 0 Å². The molecule has 1 unspecified atom stereocenters. The summed E-state index contributed by atoms with van der Waals surface area (Å²) in [6, 6.07) is 1.66. The molecule has 1 amide bonds. The highest BCUT2D eigenvalue weighted by atomic mass is 32.2. The second kappa shape index (κ2) is 6.63. The van der Waals surface area contributed by atoms with Gasteiger partial charge in [0, 0.05) is 12.5 Å². The summed E-state index contributed by atoms with van der Waals surface area (Å²) in [4.78, 5) is 12.3. The first-order chi connectivity index (χ1) is 10.9. The van der Waals surface area contributed by atoms with Crippen molar-refractivity contribution >= 4 is 21.6 Å². The molecule has 1 aliphatic carbocycles. The number of rotatable bonds is 4. The van der Waals surface area contributed by atoms with Crippen LogP contribution in [0.3, 0.4) is 0 Å². The van der Waals surface area contributed by atoms with Crippen molar-refractivity contribution in [3.8, 4) is 0 Å². The number of carbonyl (C=O) groups is 1. The number of hydrogen-bond donors (Lipinski definition) is 1. The molecule has 0 bridgehead atoms. The lowest BCUT2D eigenvalue weighted by atomic mass is 9.87. The summed E-state index contributed by atoms with van der Waals surface area (Å²) in [5.74, 6) is 1.43. The first-order valence-corrected chi connectivity index (χ1v) is 10.3. The Labute approximate surface area is 137 Å². The van der Waals surface area contributed by atoms with Crippen LogP contribution in [0.15, 0.2) is 6.07 Å². The lowest BCUT2D eigenvalue weighted by Crippen LogP contribution is -2.22. The molecule has 23 heavy (non-hydrogen) atoms. The fourth-order valence-electron chi connectivity index (χ4n) is 3.70. The minimum atomic E-state index is -2.98. The van der Waals surface area contributed by atoms with Crippen LogP contribution in [0, 0.1) is 12.8 Å². The van der Waals surface area contributed by atoms with E-state index in [-0.39, 0.29) is 23.5 Å². The minimum absolute atomic E-state index is 0.0129. The van der Waals surface area contributed by atoms with Gasteiger partial charge in [-0.25, -0.2) is 13.1 Å². The first kappa shape index (κ1) is 16.5. The predicted molar refractivity (Wildman–Crippen MR) is 89.1 cm³/mol. The predicted octanol–water partition coefficient (Wildman–Crippen LogP) is 2.46. The van der Waals surface area contributed by atoms with Crippen molar-refractivity contribution in [3.63, 3.8) is 0 Å². The molecule has 2 fully saturated rings. The van der Waals surface area contributed by atoms with E-state index in [1.54, 1.807) is 4.68 Å². The molecule has 1 aromatic rings. The largest absolute Gasteiger partial charge is 0.311 e. The maximum Gasteiger partial charge on any atom is 0.225 e. The highest BCUT2D eigenvalue weighted by Gasteiger charge is 2.31. The molecule has 1 saturated carbocycles. The molecule has 1 saturated heterocycles. The van der Waals surface area contributed by atoms with Gasteiger partial charge in [0.1, 0.15) is 5.82 Å². The van der Waals surface area contributed by atoms with Crippen molar-refractivity contribution in [2.75, 3.05) is 16.8 Å². The minimum Gasteiger partial charge on any atom is -0.311 e. The number of nitrogens with one attached hydrogen (secondary N) is 1. The van der Waals surface area contributed by atoms with Gasteiger partial charge in [-0.05, 0) is 32.1 Å². The summed E-state index contributed by atoms with van der Waals surface area (Å²) < 4.78 is 25.1. The summed E-state index contributed by atoms with van der Waals surface area (Å²) in [7, 11) is -2.98. The average molecular weight is 339 g/mol. The molecule has 0 radical (unpaired) electrons. The summed E-state index contributed by atoms with van der Waals surface area (Å²) >= 11 is 0. The molecule has 0 spiro atoms. The molecule has 2 aliphatic rings. The van der Waals surface area contributed by atoms with Crippen LogP contribution in [0.1, 0.15) is 56.7 Å². The lowest BCUT2D eigenvalue weighted by molar-refractivity contribution is -0.117. The number of aromatic nitrogens is 2. The molecule has 1 aliphatic heterocycles. The highest BCUT2D eigenvalue weighted by molar-refractivity contribution is 7.91. The van der Waals surface area contributed by atoms with Gasteiger partial charge in [-0.1, -0.05) is 19.3 Å². The van der Waals surface area contributed by atoms with Crippen LogP contribution < -0.4 is 5.32 Å². The maximum absolute atomic E-state index is 12.3. The van der Waals surface area contributed by atoms with Gasteiger partial charge in [0.2, 0.25) is 5.91 Å². The Morgan fingerprint density at radius 3 is 2.70 bits per heavy atom. The van der Waals surface area contributed by atoms with Crippen LogP contribution in [0.5, 0.6) is 0 Å². The van der Waals surface area contributed by atoms with E-state index in [0.717, 1.165) is 18.5 Å². The zero-order valence-corrected chi connectivity index (χ0v) is 14.4. The second-order valence-corrected chi connectivity index (χ2v) is 9.16. The third-order valence-electron chi connectivity index (χ3n) is 4.88. The Bertz CT molecular complexity index is 675. The molecule has 0 aromatic carbocycles. The number of carbonyl (C=O) groups excluding carboxylic acids is 1. The molecule has 7 heteroatoms. The van der Waals surface area contributed by atoms with Crippen LogP contribution in [-0.4, -0.2) is 35.6 Å². The van der Waals surface area contributed by atoms with Gasteiger partial charge in [-0.3, -0.25) is 4.79 Å². The molecule has 6 nitrogen and oxygen atoms in total. The van der Waals surface area contributed by atoms with Gasteiger partial charge in [0.05, 0.1) is 23.2 Å². The number of hydrogen-bond acceptors (Lipinski definition) is 4. The standard InChI is InChI=1S/C16H25N3O3S/c1-12-9-15(17-16(20)10-13-5-3-2-4-6-13)19(18-12)14-7-8-23(21,22)11-14/h9,13-14H,2-8,10-11H2,1H3,(H,17,20). The average Bonchev–Trinajstić information content (AvgIpc) is 3.02. The van der Waals surface area contributed by atoms with E-state index in [2.05, 4.69) is 10.4 Å². The normalized spacial score (nSPS) is 24.7. The van der Waals surface area contributed by atoms with Crippen LogP contribution >= 0.6 is 0 Å². The second-order valence-electron chi connectivity index (χ2n) is 6.93. The summed E-state index contributed by atoms with van der Waals surface area (Å²) in [6.07, 6.45) is 7.09. The van der Waals surface area contributed by atoms with E-state index in [1.165, 1.54) is 19.3 Å². The molecule has 1 atom stereocenters. The fourth-order valence-corrected chi connectivity index (χ4v) is 5.40. The van der Waals surface area contributed by atoms with Gasteiger partial charge in [-0.15, -0.1) is 0 Å². The van der Waals surface area contributed by atoms with Crippen LogP contribution in [-0.2, 0) is 14.6 Å². The lowest BCUT2D eigenvalue weighted by Gasteiger charge is -2.21. The molecule has 1 N–H and O–H groups in total.